The second-order valence-electron chi connectivity index (χ2n) is 5.10. The lowest BCUT2D eigenvalue weighted by Crippen LogP contribution is -2.39. The van der Waals surface area contributed by atoms with E-state index in [1.54, 1.807) is 0 Å². The van der Waals surface area contributed by atoms with Crippen LogP contribution < -0.4 is 11.3 Å². The van der Waals surface area contributed by atoms with Gasteiger partial charge in [-0.3, -0.25) is 4.79 Å². The first-order valence-electron chi connectivity index (χ1n) is 6.66. The van der Waals surface area contributed by atoms with Crippen molar-refractivity contribution in [2.24, 2.45) is 0 Å². The Morgan fingerprint density at radius 3 is 2.15 bits per heavy atom. The largest absolute Gasteiger partial charge is 0.369 e. The molecule has 138 valence electrons. The summed E-state index contributed by atoms with van der Waals surface area (Å²) in [5.41, 5.74) is 1.23. The van der Waals surface area contributed by atoms with Gasteiger partial charge < -0.3 is 10.7 Å². The number of aromatic nitrogens is 4. The van der Waals surface area contributed by atoms with Gasteiger partial charge in [0.2, 0.25) is 11.8 Å². The number of nitrogens with zero attached hydrogens (tertiary/aromatic N) is 3. The van der Waals surface area contributed by atoms with Crippen LogP contribution in [-0.2, 0) is 12.5 Å². The molecule has 0 fully saturated rings. The maximum atomic E-state index is 14.5. The molecule has 0 unspecified atom stereocenters. The highest BCUT2D eigenvalue weighted by Gasteiger charge is 2.40. The van der Waals surface area contributed by atoms with Crippen LogP contribution in [0.1, 0.15) is 5.56 Å². The molecule has 0 atom stereocenters. The van der Waals surface area contributed by atoms with Crippen molar-refractivity contribution >= 4 is 17.1 Å². The third kappa shape index (κ3) is 2.46. The Morgan fingerprint density at radius 2 is 1.58 bits per heavy atom. The van der Waals surface area contributed by atoms with E-state index in [9.17, 15) is 35.5 Å². The molecule has 0 saturated heterocycles. The average Bonchev–Trinajstić information content (AvgIpc) is 3.03. The molecule has 3 N–H and O–H groups in total. The molecule has 0 saturated carbocycles. The lowest BCUT2D eigenvalue weighted by atomic mass is 10.1. The lowest BCUT2D eigenvalue weighted by molar-refractivity contribution is -0.0830. The van der Waals surface area contributed by atoms with Gasteiger partial charge in [-0.1, -0.05) is 0 Å². The number of nitrogens with one attached hydrogen (secondary N) is 1. The molecule has 2 heterocycles. The molecule has 13 heteroatoms. The van der Waals surface area contributed by atoms with E-state index in [2.05, 4.69) is 15.0 Å². The number of nitrogens with two attached hydrogens (primary N) is 1. The Morgan fingerprint density at radius 1 is 1.04 bits per heavy atom. The number of hydrogen-bond acceptors (Lipinski definition) is 4. The number of halogens is 7. The van der Waals surface area contributed by atoms with Gasteiger partial charge in [0.05, 0.1) is 12.7 Å². The normalized spacial score (nSPS) is 12.1. The molecule has 0 spiro atoms. The van der Waals surface area contributed by atoms with Crippen molar-refractivity contribution in [2.75, 3.05) is 5.73 Å². The number of hydrogen-bond donors (Lipinski definition) is 2. The average molecular weight is 381 g/mol. The number of rotatable bonds is 3. The molecule has 0 radical (unpaired) electrons. The van der Waals surface area contributed by atoms with E-state index < -0.39 is 68.7 Å². The summed E-state index contributed by atoms with van der Waals surface area (Å²) >= 11 is 0. The van der Waals surface area contributed by atoms with Crippen molar-refractivity contribution in [3.05, 3.63) is 51.3 Å². The summed E-state index contributed by atoms with van der Waals surface area (Å²) in [5, 5.41) is 0. The number of anilines is 1. The van der Waals surface area contributed by atoms with Crippen molar-refractivity contribution in [2.45, 2.75) is 12.5 Å². The number of benzene rings is 1. The van der Waals surface area contributed by atoms with Crippen LogP contribution in [0.4, 0.5) is 36.7 Å². The fourth-order valence-corrected chi connectivity index (χ4v) is 2.32. The summed E-state index contributed by atoms with van der Waals surface area (Å²) in [5.74, 6) is -13.2. The van der Waals surface area contributed by atoms with Gasteiger partial charge in [0.1, 0.15) is 0 Å². The quantitative estimate of drug-likeness (QED) is 0.414. The van der Waals surface area contributed by atoms with Gasteiger partial charge in [0.25, 0.3) is 5.56 Å². The van der Waals surface area contributed by atoms with Crippen LogP contribution in [-0.4, -0.2) is 19.5 Å². The van der Waals surface area contributed by atoms with Crippen LogP contribution in [0, 0.1) is 29.1 Å². The van der Waals surface area contributed by atoms with Gasteiger partial charge in [-0.25, -0.2) is 31.5 Å². The highest BCUT2D eigenvalue weighted by molar-refractivity contribution is 5.69. The van der Waals surface area contributed by atoms with Crippen LogP contribution in [0.5, 0.6) is 0 Å². The van der Waals surface area contributed by atoms with E-state index in [4.69, 9.17) is 5.73 Å². The molecular weight excluding hydrogens is 375 g/mol. The third-order valence-corrected chi connectivity index (χ3v) is 3.50. The van der Waals surface area contributed by atoms with Crippen LogP contribution >= 0.6 is 0 Å². The standard InChI is InChI=1S/C13H6F7N5O/c14-4-3(5(15)7(17)8(18)6(4)16)1-13(19,20)25-11(26)9-10(23-2-22-9)24-12(25)21/h2H,1H2,(H2,21,24)(H,22,23). The summed E-state index contributed by atoms with van der Waals surface area (Å²) < 4.78 is 95.2. The second kappa shape index (κ2) is 5.71. The minimum absolute atomic E-state index is 0.296. The Hall–Kier alpha value is -3.12. The number of aromatic amines is 1. The summed E-state index contributed by atoms with van der Waals surface area (Å²) in [4.78, 5) is 21.3. The highest BCUT2D eigenvalue weighted by atomic mass is 19.3. The first-order chi connectivity index (χ1) is 12.1. The summed E-state index contributed by atoms with van der Waals surface area (Å²) in [6.07, 6.45) is -1.07. The SMILES string of the molecule is Nc1nc2nc[nH]c2c(=O)n1C(F)(F)Cc1c(F)c(F)c(F)c(F)c1F. The number of nitrogen functional groups attached to an aromatic ring is 1. The maximum absolute atomic E-state index is 14.5. The lowest BCUT2D eigenvalue weighted by Gasteiger charge is -2.21. The number of imidazole rings is 1. The monoisotopic (exact) mass is 381 g/mol. The fraction of sp³-hybridized carbons (Fsp3) is 0.154. The van der Waals surface area contributed by atoms with Crippen LogP contribution in [0.25, 0.3) is 11.2 Å². The molecule has 6 nitrogen and oxygen atoms in total. The highest BCUT2D eigenvalue weighted by Crippen LogP contribution is 2.32. The van der Waals surface area contributed by atoms with Crippen molar-refractivity contribution in [3.63, 3.8) is 0 Å². The predicted molar refractivity (Wildman–Crippen MR) is 72.7 cm³/mol. The molecule has 1 aromatic carbocycles. The van der Waals surface area contributed by atoms with Crippen molar-refractivity contribution < 1.29 is 30.7 Å². The van der Waals surface area contributed by atoms with Gasteiger partial charge in [-0.05, 0) is 0 Å². The Kier molecular flexibility index (Phi) is 3.88. The second-order valence-corrected chi connectivity index (χ2v) is 5.10. The molecular formula is C13H6F7N5O. The van der Waals surface area contributed by atoms with E-state index in [1.165, 1.54) is 0 Å². The minimum atomic E-state index is -4.47. The van der Waals surface area contributed by atoms with E-state index in [1.807, 2.05) is 0 Å². The third-order valence-electron chi connectivity index (χ3n) is 3.50. The summed E-state index contributed by atoms with van der Waals surface area (Å²) in [6, 6.07) is -4.47. The Balaban J connectivity index is 2.19. The fourth-order valence-electron chi connectivity index (χ4n) is 2.32. The number of H-pyrrole nitrogens is 1. The van der Waals surface area contributed by atoms with E-state index in [0.29, 0.717) is 0 Å². The maximum Gasteiger partial charge on any atom is 0.338 e. The van der Waals surface area contributed by atoms with Gasteiger partial charge in [0.15, 0.2) is 34.4 Å². The smallest absolute Gasteiger partial charge is 0.338 e. The molecule has 0 aliphatic carbocycles. The molecule has 0 aliphatic rings. The number of alkyl halides is 2. The Labute approximate surface area is 138 Å². The topological polar surface area (TPSA) is 89.6 Å². The van der Waals surface area contributed by atoms with Gasteiger partial charge >= 0.3 is 6.05 Å². The number of fused-ring (bicyclic) bond motifs is 1. The van der Waals surface area contributed by atoms with E-state index in [-0.39, 0.29) is 5.65 Å². The van der Waals surface area contributed by atoms with Crippen molar-refractivity contribution in [1.29, 1.82) is 0 Å². The summed E-state index contributed by atoms with van der Waals surface area (Å²) in [7, 11) is 0. The van der Waals surface area contributed by atoms with Crippen LogP contribution in [0.3, 0.4) is 0 Å². The first-order valence-corrected chi connectivity index (χ1v) is 6.66. The van der Waals surface area contributed by atoms with Crippen LogP contribution in [0.2, 0.25) is 0 Å². The van der Waals surface area contributed by atoms with Gasteiger partial charge in [-0.2, -0.15) is 13.8 Å². The van der Waals surface area contributed by atoms with Gasteiger partial charge in [0, 0.05) is 5.56 Å². The first kappa shape index (κ1) is 17.7. The van der Waals surface area contributed by atoms with E-state index >= 15 is 0 Å². The molecule has 0 aliphatic heterocycles. The van der Waals surface area contributed by atoms with Crippen molar-refractivity contribution in [1.82, 2.24) is 19.5 Å². The zero-order valence-corrected chi connectivity index (χ0v) is 12.3. The van der Waals surface area contributed by atoms with Crippen LogP contribution in [0.15, 0.2) is 11.1 Å². The zero-order valence-electron chi connectivity index (χ0n) is 12.3. The Bertz CT molecular complexity index is 1060. The molecule has 0 bridgehead atoms. The molecule has 3 aromatic rings. The molecule has 3 rings (SSSR count). The van der Waals surface area contributed by atoms with Crippen molar-refractivity contribution in [3.8, 4) is 0 Å². The minimum Gasteiger partial charge on any atom is -0.369 e. The predicted octanol–water partition coefficient (Wildman–Crippen LogP) is 2.19. The van der Waals surface area contributed by atoms with Gasteiger partial charge in [-0.15, -0.1) is 0 Å². The summed E-state index contributed by atoms with van der Waals surface area (Å²) in [6.45, 7) is 0. The molecule has 0 amide bonds. The molecule has 26 heavy (non-hydrogen) atoms. The molecule has 2 aromatic heterocycles. The van der Waals surface area contributed by atoms with E-state index in [0.717, 1.165) is 6.33 Å². The zero-order chi connectivity index (χ0) is 19.4.